The van der Waals surface area contributed by atoms with Crippen LogP contribution in [0.4, 0.5) is 4.79 Å². The number of aromatic nitrogens is 2. The molecule has 0 spiro atoms. The molecule has 1 aromatic carbocycles. The normalized spacial score (nSPS) is 15.7. The van der Waals surface area contributed by atoms with Crippen molar-refractivity contribution in [1.29, 1.82) is 0 Å². The highest BCUT2D eigenvalue weighted by atomic mass is 16.7. The Bertz CT molecular complexity index is 922. The minimum absolute atomic E-state index is 0.0406. The Hall–Kier alpha value is -2.61. The average Bonchev–Trinajstić information content (AvgIpc) is 2.99. The standard InChI is InChI=1S/C21H30N4O4/c1-4-7-19(26)29-23-12-10-16(11-13-23)14-22-20(27)25-18-9-6-5-8-17(18)24(15(2)3)21(25)28/h5-6,8-9,15-16H,4,7,10-14H2,1-3H3,(H,22,27). The van der Waals surface area contributed by atoms with E-state index in [0.29, 0.717) is 31.6 Å². The Labute approximate surface area is 170 Å². The predicted octanol–water partition coefficient (Wildman–Crippen LogP) is 2.91. The number of rotatable bonds is 6. The molecule has 0 aliphatic carbocycles. The maximum absolute atomic E-state index is 12.8. The highest BCUT2D eigenvalue weighted by molar-refractivity contribution is 5.89. The zero-order chi connectivity index (χ0) is 21.0. The van der Waals surface area contributed by atoms with Gasteiger partial charge in [0.2, 0.25) is 0 Å². The molecule has 8 nitrogen and oxygen atoms in total. The van der Waals surface area contributed by atoms with Gasteiger partial charge in [-0.3, -0.25) is 9.36 Å². The van der Waals surface area contributed by atoms with Crippen molar-refractivity contribution in [3.63, 3.8) is 0 Å². The van der Waals surface area contributed by atoms with E-state index in [9.17, 15) is 14.4 Å². The first-order valence-corrected chi connectivity index (χ1v) is 10.4. The lowest BCUT2D eigenvalue weighted by atomic mass is 9.98. The molecule has 0 atom stereocenters. The number of hydroxylamine groups is 2. The van der Waals surface area contributed by atoms with Crippen molar-refractivity contribution in [3.05, 3.63) is 34.7 Å². The van der Waals surface area contributed by atoms with Gasteiger partial charge in [-0.05, 0) is 51.2 Å². The zero-order valence-corrected chi connectivity index (χ0v) is 17.4. The smallest absolute Gasteiger partial charge is 0.337 e. The van der Waals surface area contributed by atoms with E-state index in [1.807, 2.05) is 39.0 Å². The van der Waals surface area contributed by atoms with Crippen LogP contribution < -0.4 is 11.0 Å². The van der Waals surface area contributed by atoms with Crippen LogP contribution in [0.1, 0.15) is 52.5 Å². The van der Waals surface area contributed by atoms with Gasteiger partial charge in [0.1, 0.15) is 0 Å². The van der Waals surface area contributed by atoms with E-state index in [-0.39, 0.29) is 23.6 Å². The van der Waals surface area contributed by atoms with E-state index < -0.39 is 6.03 Å². The molecule has 8 heteroatoms. The lowest BCUT2D eigenvalue weighted by molar-refractivity contribution is -0.196. The minimum atomic E-state index is -0.401. The van der Waals surface area contributed by atoms with Crippen LogP contribution in [-0.4, -0.2) is 45.8 Å². The summed E-state index contributed by atoms with van der Waals surface area (Å²) in [5.74, 6) is 0.0920. The zero-order valence-electron chi connectivity index (χ0n) is 17.4. The molecule has 158 valence electrons. The minimum Gasteiger partial charge on any atom is -0.368 e. The molecular weight excluding hydrogens is 372 g/mol. The fraction of sp³-hybridized carbons (Fsp3) is 0.571. The van der Waals surface area contributed by atoms with Gasteiger partial charge in [0, 0.05) is 32.1 Å². The van der Waals surface area contributed by atoms with E-state index in [2.05, 4.69) is 5.32 Å². The monoisotopic (exact) mass is 402 g/mol. The van der Waals surface area contributed by atoms with Crippen LogP contribution in [-0.2, 0) is 9.63 Å². The Kier molecular flexibility index (Phi) is 6.74. The summed E-state index contributed by atoms with van der Waals surface area (Å²) in [7, 11) is 0. The van der Waals surface area contributed by atoms with Crippen LogP contribution in [0.3, 0.4) is 0 Å². The van der Waals surface area contributed by atoms with Gasteiger partial charge >= 0.3 is 17.7 Å². The molecule has 3 rings (SSSR count). The van der Waals surface area contributed by atoms with Crippen molar-refractivity contribution < 1.29 is 14.4 Å². The number of imidazole rings is 1. The van der Waals surface area contributed by atoms with E-state index in [4.69, 9.17) is 4.84 Å². The maximum atomic E-state index is 12.8. The number of benzene rings is 1. The quantitative estimate of drug-likeness (QED) is 0.803. The van der Waals surface area contributed by atoms with Crippen LogP contribution >= 0.6 is 0 Å². The number of piperidine rings is 1. The summed E-state index contributed by atoms with van der Waals surface area (Å²) in [4.78, 5) is 42.6. The summed E-state index contributed by atoms with van der Waals surface area (Å²) in [6.07, 6.45) is 2.84. The van der Waals surface area contributed by atoms with Gasteiger partial charge in [-0.1, -0.05) is 19.1 Å². The van der Waals surface area contributed by atoms with E-state index in [0.717, 1.165) is 24.8 Å². The summed E-state index contributed by atoms with van der Waals surface area (Å²) < 4.78 is 2.86. The van der Waals surface area contributed by atoms with E-state index in [1.165, 1.54) is 4.57 Å². The fourth-order valence-electron chi connectivity index (χ4n) is 3.78. The van der Waals surface area contributed by atoms with Crippen LogP contribution in [0.5, 0.6) is 0 Å². The second kappa shape index (κ2) is 9.26. The number of fused-ring (bicyclic) bond motifs is 1. The lowest BCUT2D eigenvalue weighted by Crippen LogP contribution is -2.42. The molecule has 1 aromatic heterocycles. The third-order valence-electron chi connectivity index (χ3n) is 5.30. The number of para-hydroxylation sites is 2. The van der Waals surface area contributed by atoms with Crippen molar-refractivity contribution in [1.82, 2.24) is 19.5 Å². The Morgan fingerprint density at radius 3 is 2.45 bits per heavy atom. The molecule has 0 bridgehead atoms. The molecule has 1 aliphatic rings. The highest BCUT2D eigenvalue weighted by Gasteiger charge is 2.24. The summed E-state index contributed by atoms with van der Waals surface area (Å²) in [6, 6.07) is 6.90. The fourth-order valence-corrected chi connectivity index (χ4v) is 3.78. The van der Waals surface area contributed by atoms with Gasteiger partial charge in [0.15, 0.2) is 0 Å². The molecule has 1 N–H and O–H groups in total. The van der Waals surface area contributed by atoms with Crippen molar-refractivity contribution in [2.75, 3.05) is 19.6 Å². The number of amides is 1. The second-order valence-electron chi connectivity index (χ2n) is 7.84. The SMILES string of the molecule is CCCC(=O)ON1CCC(CNC(=O)n2c(=O)n(C(C)C)c3ccccc32)CC1. The van der Waals surface area contributed by atoms with Gasteiger partial charge in [0.05, 0.1) is 11.0 Å². The largest absolute Gasteiger partial charge is 0.368 e. The molecule has 0 unspecified atom stereocenters. The summed E-state index contributed by atoms with van der Waals surface area (Å²) in [5, 5.41) is 4.62. The van der Waals surface area contributed by atoms with Crippen LogP contribution in [0.25, 0.3) is 11.0 Å². The van der Waals surface area contributed by atoms with Gasteiger partial charge in [-0.15, -0.1) is 5.06 Å². The summed E-state index contributed by atoms with van der Waals surface area (Å²) >= 11 is 0. The molecule has 29 heavy (non-hydrogen) atoms. The van der Waals surface area contributed by atoms with Gasteiger partial charge in [-0.25, -0.2) is 14.2 Å². The second-order valence-corrected chi connectivity index (χ2v) is 7.84. The number of hydrogen-bond donors (Lipinski definition) is 1. The first kappa shape index (κ1) is 21.1. The van der Waals surface area contributed by atoms with E-state index >= 15 is 0 Å². The first-order valence-electron chi connectivity index (χ1n) is 10.4. The van der Waals surface area contributed by atoms with Gasteiger partial charge in [-0.2, -0.15) is 0 Å². The third-order valence-corrected chi connectivity index (χ3v) is 5.30. The maximum Gasteiger partial charge on any atom is 0.337 e. The van der Waals surface area contributed by atoms with Crippen molar-refractivity contribution in [2.24, 2.45) is 5.92 Å². The van der Waals surface area contributed by atoms with Crippen molar-refractivity contribution in [2.45, 2.75) is 52.5 Å². The molecule has 1 fully saturated rings. The molecule has 2 heterocycles. The third kappa shape index (κ3) is 4.70. The topological polar surface area (TPSA) is 85.6 Å². The Morgan fingerprint density at radius 1 is 1.17 bits per heavy atom. The number of carbonyl (C=O) groups excluding carboxylic acids is 2. The predicted molar refractivity (Wildman–Crippen MR) is 111 cm³/mol. The Morgan fingerprint density at radius 2 is 1.83 bits per heavy atom. The first-order chi connectivity index (χ1) is 13.9. The molecule has 0 saturated carbocycles. The molecule has 2 aromatic rings. The number of nitrogens with zero attached hydrogens (tertiary/aromatic N) is 3. The van der Waals surface area contributed by atoms with Crippen molar-refractivity contribution >= 4 is 23.0 Å². The molecule has 0 radical (unpaired) electrons. The number of hydrogen-bond acceptors (Lipinski definition) is 5. The molecule has 1 aliphatic heterocycles. The van der Waals surface area contributed by atoms with E-state index in [1.54, 1.807) is 15.7 Å². The molecule has 1 saturated heterocycles. The summed E-state index contributed by atoms with van der Waals surface area (Å²) in [5.41, 5.74) is 1.04. The van der Waals surface area contributed by atoms with Crippen molar-refractivity contribution in [3.8, 4) is 0 Å². The lowest BCUT2D eigenvalue weighted by Gasteiger charge is -2.30. The number of carbonyl (C=O) groups is 2. The van der Waals surface area contributed by atoms with Gasteiger partial charge < -0.3 is 10.2 Å². The molecular formula is C21H30N4O4. The average molecular weight is 402 g/mol. The Balaban J connectivity index is 1.61. The van der Waals surface area contributed by atoms with Crippen LogP contribution in [0, 0.1) is 5.92 Å². The van der Waals surface area contributed by atoms with Crippen LogP contribution in [0.2, 0.25) is 0 Å². The number of nitrogens with one attached hydrogen (secondary N) is 1. The highest BCUT2D eigenvalue weighted by Crippen LogP contribution is 2.18. The summed E-state index contributed by atoms with van der Waals surface area (Å²) in [6.45, 7) is 7.60. The van der Waals surface area contributed by atoms with Crippen LogP contribution in [0.15, 0.2) is 29.1 Å². The molecule has 1 amide bonds. The van der Waals surface area contributed by atoms with Gasteiger partial charge in [0.25, 0.3) is 0 Å².